The summed E-state index contributed by atoms with van der Waals surface area (Å²) in [4.78, 5) is 28.1. The van der Waals surface area contributed by atoms with E-state index in [1.807, 2.05) is 13.8 Å². The van der Waals surface area contributed by atoms with E-state index in [9.17, 15) is 14.0 Å². The van der Waals surface area contributed by atoms with Crippen molar-refractivity contribution >= 4 is 28.8 Å². The minimum atomic E-state index is -0.519. The number of anilines is 2. The van der Waals surface area contributed by atoms with Crippen molar-refractivity contribution in [3.63, 3.8) is 0 Å². The summed E-state index contributed by atoms with van der Waals surface area (Å²) in [5.41, 5.74) is 1.66. The monoisotopic (exact) mass is 446 g/mol. The van der Waals surface area contributed by atoms with Gasteiger partial charge in [-0.05, 0) is 55.8 Å². The summed E-state index contributed by atoms with van der Waals surface area (Å²) >= 11 is 0. The maximum absolute atomic E-state index is 13.5. The first-order valence-electron chi connectivity index (χ1n) is 10.6. The van der Waals surface area contributed by atoms with Crippen LogP contribution in [0, 0.1) is 5.82 Å². The molecule has 0 saturated carbocycles. The highest BCUT2D eigenvalue weighted by Gasteiger charge is 2.40. The fourth-order valence-electron chi connectivity index (χ4n) is 3.62. The molecule has 33 heavy (non-hydrogen) atoms. The lowest BCUT2D eigenvalue weighted by Crippen LogP contribution is -2.32. The fourth-order valence-corrected chi connectivity index (χ4v) is 3.62. The van der Waals surface area contributed by atoms with Crippen molar-refractivity contribution in [3.05, 3.63) is 89.9 Å². The molecular formula is C26H23FN2O4. The number of imide groups is 1. The molecule has 7 heteroatoms. The Bertz CT molecular complexity index is 1220. The standard InChI is InChI=1S/C26H23FN2O4/c1-3-32-21-9-5-7-19(15-21)28-24-23(17-11-13-18(27)14-12-17)25(30)29(26(24)31)20-8-6-10-22(16-20)33-4-2/h5-16,28H,3-4H2,1-2H3. The molecule has 0 radical (unpaired) electrons. The Kier molecular flexibility index (Phi) is 6.40. The molecule has 1 N–H and O–H groups in total. The topological polar surface area (TPSA) is 67.9 Å². The smallest absolute Gasteiger partial charge is 0.282 e. The van der Waals surface area contributed by atoms with Gasteiger partial charge in [0.15, 0.2) is 0 Å². The molecule has 0 fully saturated rings. The zero-order valence-electron chi connectivity index (χ0n) is 18.3. The number of rotatable bonds is 8. The highest BCUT2D eigenvalue weighted by atomic mass is 19.1. The quantitative estimate of drug-likeness (QED) is 0.492. The number of ether oxygens (including phenoxy) is 2. The second-order valence-corrected chi connectivity index (χ2v) is 7.22. The van der Waals surface area contributed by atoms with Crippen LogP contribution < -0.4 is 19.7 Å². The van der Waals surface area contributed by atoms with E-state index < -0.39 is 17.6 Å². The third kappa shape index (κ3) is 4.57. The Morgan fingerprint density at radius 3 is 2.12 bits per heavy atom. The van der Waals surface area contributed by atoms with Crippen molar-refractivity contribution < 1.29 is 23.5 Å². The van der Waals surface area contributed by atoms with Crippen LogP contribution in [-0.2, 0) is 9.59 Å². The number of hydrogen-bond donors (Lipinski definition) is 1. The van der Waals surface area contributed by atoms with Crippen LogP contribution in [0.5, 0.6) is 11.5 Å². The molecule has 3 aromatic rings. The van der Waals surface area contributed by atoms with Gasteiger partial charge >= 0.3 is 0 Å². The van der Waals surface area contributed by atoms with Crippen molar-refractivity contribution in [1.82, 2.24) is 0 Å². The molecule has 0 bridgehead atoms. The first-order chi connectivity index (χ1) is 16.0. The number of carbonyl (C=O) groups is 2. The highest BCUT2D eigenvalue weighted by Crippen LogP contribution is 2.35. The highest BCUT2D eigenvalue weighted by molar-refractivity contribution is 6.46. The molecule has 0 unspecified atom stereocenters. The largest absolute Gasteiger partial charge is 0.494 e. The normalized spacial score (nSPS) is 13.5. The molecule has 1 aliphatic heterocycles. The maximum Gasteiger partial charge on any atom is 0.282 e. The van der Waals surface area contributed by atoms with Gasteiger partial charge in [-0.15, -0.1) is 0 Å². The average Bonchev–Trinajstić information content (AvgIpc) is 3.05. The molecule has 0 spiro atoms. The lowest BCUT2D eigenvalue weighted by atomic mass is 10.0. The summed E-state index contributed by atoms with van der Waals surface area (Å²) in [6.07, 6.45) is 0. The molecular weight excluding hydrogens is 423 g/mol. The molecule has 3 aromatic carbocycles. The van der Waals surface area contributed by atoms with E-state index >= 15 is 0 Å². The number of halogens is 1. The van der Waals surface area contributed by atoms with Gasteiger partial charge in [-0.2, -0.15) is 0 Å². The first-order valence-corrected chi connectivity index (χ1v) is 10.6. The number of amides is 2. The molecule has 1 aliphatic rings. The lowest BCUT2D eigenvalue weighted by Gasteiger charge is -2.16. The predicted molar refractivity (Wildman–Crippen MR) is 125 cm³/mol. The van der Waals surface area contributed by atoms with Gasteiger partial charge in [-0.3, -0.25) is 9.59 Å². The minimum Gasteiger partial charge on any atom is -0.494 e. The molecule has 4 rings (SSSR count). The third-order valence-corrected chi connectivity index (χ3v) is 5.02. The van der Waals surface area contributed by atoms with E-state index in [1.54, 1.807) is 48.5 Å². The van der Waals surface area contributed by atoms with Crippen LogP contribution >= 0.6 is 0 Å². The summed E-state index contributed by atoms with van der Waals surface area (Å²) in [5.74, 6) is -0.288. The number of hydrogen-bond acceptors (Lipinski definition) is 5. The van der Waals surface area contributed by atoms with Crippen LogP contribution in [0.1, 0.15) is 19.4 Å². The zero-order valence-corrected chi connectivity index (χ0v) is 18.3. The van der Waals surface area contributed by atoms with Gasteiger partial charge in [-0.1, -0.05) is 24.3 Å². The summed E-state index contributed by atoms with van der Waals surface area (Å²) in [7, 11) is 0. The molecule has 1 heterocycles. The van der Waals surface area contributed by atoms with Crippen molar-refractivity contribution in [1.29, 1.82) is 0 Å². The van der Waals surface area contributed by atoms with E-state index in [0.717, 1.165) is 4.90 Å². The molecule has 0 aliphatic carbocycles. The Balaban J connectivity index is 1.77. The SMILES string of the molecule is CCOc1cccc(NC2=C(c3ccc(F)cc3)C(=O)N(c3cccc(OCC)c3)C2=O)c1. The molecule has 2 amide bonds. The second-order valence-electron chi connectivity index (χ2n) is 7.22. The van der Waals surface area contributed by atoms with Crippen molar-refractivity contribution in [2.24, 2.45) is 0 Å². The minimum absolute atomic E-state index is 0.0991. The van der Waals surface area contributed by atoms with Gasteiger partial charge in [0.1, 0.15) is 23.0 Å². The first kappa shape index (κ1) is 22.1. The number of carbonyl (C=O) groups excluding carboxylic acids is 2. The Hall–Kier alpha value is -4.13. The average molecular weight is 446 g/mol. The number of nitrogens with zero attached hydrogens (tertiary/aromatic N) is 1. The molecule has 0 atom stereocenters. The molecule has 0 saturated heterocycles. The number of nitrogens with one attached hydrogen (secondary N) is 1. The second kappa shape index (κ2) is 9.56. The van der Waals surface area contributed by atoms with E-state index in [4.69, 9.17) is 9.47 Å². The van der Waals surface area contributed by atoms with E-state index in [2.05, 4.69) is 5.32 Å². The van der Waals surface area contributed by atoms with Crippen molar-refractivity contribution in [2.75, 3.05) is 23.4 Å². The Morgan fingerprint density at radius 1 is 0.818 bits per heavy atom. The van der Waals surface area contributed by atoms with Crippen LogP contribution in [0.25, 0.3) is 5.57 Å². The van der Waals surface area contributed by atoms with Crippen LogP contribution in [0.2, 0.25) is 0 Å². The van der Waals surface area contributed by atoms with E-state index in [-0.39, 0.29) is 11.3 Å². The van der Waals surface area contributed by atoms with Crippen molar-refractivity contribution in [2.45, 2.75) is 13.8 Å². The molecule has 0 aromatic heterocycles. The predicted octanol–water partition coefficient (Wildman–Crippen LogP) is 5.02. The summed E-state index contributed by atoms with van der Waals surface area (Å²) in [5, 5.41) is 3.09. The summed E-state index contributed by atoms with van der Waals surface area (Å²) < 4.78 is 24.6. The van der Waals surface area contributed by atoms with Crippen LogP contribution in [-0.4, -0.2) is 25.0 Å². The van der Waals surface area contributed by atoms with E-state index in [1.165, 1.54) is 24.3 Å². The van der Waals surface area contributed by atoms with Gasteiger partial charge in [-0.25, -0.2) is 9.29 Å². The van der Waals surface area contributed by atoms with Gasteiger partial charge in [0.2, 0.25) is 0 Å². The summed E-state index contributed by atoms with van der Waals surface area (Å²) in [6.45, 7) is 4.68. The van der Waals surface area contributed by atoms with Crippen molar-refractivity contribution in [3.8, 4) is 11.5 Å². The molecule has 6 nitrogen and oxygen atoms in total. The maximum atomic E-state index is 13.5. The third-order valence-electron chi connectivity index (χ3n) is 5.02. The van der Waals surface area contributed by atoms with E-state index in [0.29, 0.717) is 41.7 Å². The van der Waals surface area contributed by atoms with Gasteiger partial charge in [0, 0.05) is 17.8 Å². The van der Waals surface area contributed by atoms with Crippen LogP contribution in [0.4, 0.5) is 15.8 Å². The Morgan fingerprint density at radius 2 is 1.45 bits per heavy atom. The van der Waals surface area contributed by atoms with Crippen LogP contribution in [0.3, 0.4) is 0 Å². The Labute approximate surface area is 191 Å². The lowest BCUT2D eigenvalue weighted by molar-refractivity contribution is -0.120. The van der Waals surface area contributed by atoms with Gasteiger partial charge in [0.25, 0.3) is 11.8 Å². The van der Waals surface area contributed by atoms with Gasteiger partial charge < -0.3 is 14.8 Å². The summed E-state index contributed by atoms with van der Waals surface area (Å²) in [6, 6.07) is 19.4. The number of benzene rings is 3. The fraction of sp³-hybridized carbons (Fsp3) is 0.154. The van der Waals surface area contributed by atoms with Crippen LogP contribution in [0.15, 0.2) is 78.5 Å². The zero-order chi connectivity index (χ0) is 23.4. The molecule has 168 valence electrons. The van der Waals surface area contributed by atoms with Gasteiger partial charge in [0.05, 0.1) is 24.5 Å².